The second-order valence-electron chi connectivity index (χ2n) is 6.85. The highest BCUT2D eigenvalue weighted by Gasteiger charge is 2.26. The molecule has 0 aliphatic heterocycles. The largest absolute Gasteiger partial charge is 0.397 e. The average Bonchev–Trinajstić information content (AvgIpc) is 2.47. The number of nitrogens with two attached hydrogens (primary N) is 1. The summed E-state index contributed by atoms with van der Waals surface area (Å²) in [6, 6.07) is 0. The molecule has 144 valence electrons. The van der Waals surface area contributed by atoms with Gasteiger partial charge in [0.15, 0.2) is 0 Å². The normalized spacial score (nSPS) is 17.9. The van der Waals surface area contributed by atoms with Crippen molar-refractivity contribution >= 4 is 11.7 Å². The Bertz CT molecular complexity index is 340. The summed E-state index contributed by atoms with van der Waals surface area (Å²) >= 11 is 0. The highest BCUT2D eigenvalue weighted by molar-refractivity contribution is 5.83. The number of aliphatic hydroxyl groups is 1. The molecule has 0 heterocycles. The molecule has 2 aliphatic rings. The molecule has 0 aromatic carbocycles. The van der Waals surface area contributed by atoms with Crippen molar-refractivity contribution in [2.75, 3.05) is 13.2 Å². The topological polar surface area (TPSA) is 89.6 Å². The van der Waals surface area contributed by atoms with E-state index < -0.39 is 0 Å². The average molecular weight is 346 g/mol. The van der Waals surface area contributed by atoms with Gasteiger partial charge in [-0.1, -0.05) is 39.5 Å². The summed E-state index contributed by atoms with van der Waals surface area (Å²) in [6.07, 6.45) is 10.5. The van der Waals surface area contributed by atoms with Crippen LogP contribution in [0, 0.1) is 11.8 Å². The summed E-state index contributed by atoms with van der Waals surface area (Å²) in [7, 11) is 0. The van der Waals surface area contributed by atoms with Crippen LogP contribution in [0.4, 0.5) is 0 Å². The molecule has 24 heavy (non-hydrogen) atoms. The van der Waals surface area contributed by atoms with Crippen LogP contribution in [0.25, 0.3) is 0 Å². The van der Waals surface area contributed by atoms with Crippen molar-refractivity contribution in [2.24, 2.45) is 17.6 Å². The minimum Gasteiger partial charge on any atom is -0.397 e. The van der Waals surface area contributed by atoms with Gasteiger partial charge in [0, 0.05) is 26.3 Å². The molecule has 0 bridgehead atoms. The first-order chi connectivity index (χ1) is 11.4. The first-order valence-electron chi connectivity index (χ1n) is 9.46. The molecular formula is C19H39NO4. The van der Waals surface area contributed by atoms with Gasteiger partial charge < -0.3 is 15.6 Å². The second-order valence-corrected chi connectivity index (χ2v) is 6.85. The van der Waals surface area contributed by atoms with E-state index in [1.807, 2.05) is 13.8 Å². The Morgan fingerprint density at radius 1 is 1.12 bits per heavy atom. The fourth-order valence-corrected chi connectivity index (χ4v) is 2.72. The minimum absolute atomic E-state index is 0. The molecule has 3 N–H and O–H groups in total. The van der Waals surface area contributed by atoms with Crippen molar-refractivity contribution in [1.29, 1.82) is 0 Å². The molecule has 2 rings (SSSR count). The summed E-state index contributed by atoms with van der Waals surface area (Å²) in [5, 5.41) is 7.57. The summed E-state index contributed by atoms with van der Waals surface area (Å²) in [5.41, 5.74) is 4.99. The van der Waals surface area contributed by atoms with Crippen LogP contribution < -0.4 is 5.73 Å². The van der Waals surface area contributed by atoms with E-state index in [-0.39, 0.29) is 19.9 Å². The SMILES string of the molecule is CC(C)C(=O)C1CCC1.CCO.NC(=O)CCOC1CCCCC1.[HH]. The number of primary amides is 1. The molecule has 2 fully saturated rings. The lowest BCUT2D eigenvalue weighted by Crippen LogP contribution is -2.25. The number of hydrogen-bond donors (Lipinski definition) is 2. The number of ether oxygens (including phenoxy) is 1. The molecule has 0 aromatic heterocycles. The molecule has 2 saturated carbocycles. The standard InChI is InChI=1S/C9H17NO2.C8H14O.C2H6O.H2/c10-9(11)6-7-12-8-4-2-1-3-5-8;1-6(2)8(9)7-4-3-5-7;1-2-3;/h8H,1-7H2,(H2,10,11);6-7H,3-5H2,1-2H3;3H,2H2,1H3;1H. The van der Waals surface area contributed by atoms with Crippen LogP contribution in [-0.4, -0.2) is 36.1 Å². The van der Waals surface area contributed by atoms with Gasteiger partial charge in [-0.05, 0) is 32.6 Å². The molecule has 0 aromatic rings. The van der Waals surface area contributed by atoms with E-state index in [2.05, 4.69) is 0 Å². The van der Waals surface area contributed by atoms with E-state index in [4.69, 9.17) is 15.6 Å². The van der Waals surface area contributed by atoms with Gasteiger partial charge >= 0.3 is 0 Å². The van der Waals surface area contributed by atoms with Gasteiger partial charge in [0.1, 0.15) is 5.78 Å². The van der Waals surface area contributed by atoms with Crippen molar-refractivity contribution in [2.45, 2.75) is 84.7 Å². The lowest BCUT2D eigenvalue weighted by atomic mass is 9.79. The van der Waals surface area contributed by atoms with Crippen molar-refractivity contribution < 1.29 is 20.9 Å². The predicted octanol–water partition coefficient (Wildman–Crippen LogP) is 3.47. The molecule has 5 heteroatoms. The van der Waals surface area contributed by atoms with Gasteiger partial charge in [0.25, 0.3) is 0 Å². The monoisotopic (exact) mass is 345 g/mol. The van der Waals surface area contributed by atoms with E-state index in [0.717, 1.165) is 25.7 Å². The number of carbonyl (C=O) groups excluding carboxylic acids is 2. The molecular weight excluding hydrogens is 306 g/mol. The van der Waals surface area contributed by atoms with Gasteiger partial charge in [0.05, 0.1) is 12.7 Å². The van der Waals surface area contributed by atoms with Crippen molar-refractivity contribution in [3.63, 3.8) is 0 Å². The van der Waals surface area contributed by atoms with Crippen LogP contribution in [-0.2, 0) is 14.3 Å². The number of hydrogen-bond acceptors (Lipinski definition) is 4. The highest BCUT2D eigenvalue weighted by atomic mass is 16.5. The maximum atomic E-state index is 11.1. The van der Waals surface area contributed by atoms with E-state index in [9.17, 15) is 9.59 Å². The van der Waals surface area contributed by atoms with Gasteiger partial charge in [-0.15, -0.1) is 0 Å². The van der Waals surface area contributed by atoms with Crippen LogP contribution in [0.5, 0.6) is 0 Å². The van der Waals surface area contributed by atoms with Gasteiger partial charge in [-0.3, -0.25) is 9.59 Å². The smallest absolute Gasteiger partial charge is 0.219 e. The number of Topliss-reactive ketones (excluding diaryl/α,β-unsaturated/α-hetero) is 1. The van der Waals surface area contributed by atoms with Gasteiger partial charge in [0.2, 0.25) is 5.91 Å². The molecule has 0 spiro atoms. The van der Waals surface area contributed by atoms with Crippen molar-refractivity contribution in [1.82, 2.24) is 0 Å². The maximum absolute atomic E-state index is 11.1. The van der Waals surface area contributed by atoms with Gasteiger partial charge in [-0.25, -0.2) is 0 Å². The van der Waals surface area contributed by atoms with E-state index in [1.54, 1.807) is 6.92 Å². The molecule has 1 amide bonds. The fraction of sp³-hybridized carbons (Fsp3) is 0.895. The summed E-state index contributed by atoms with van der Waals surface area (Å²) in [4.78, 5) is 21.5. The Morgan fingerprint density at radius 2 is 1.67 bits per heavy atom. The molecule has 5 nitrogen and oxygen atoms in total. The van der Waals surface area contributed by atoms with E-state index in [1.165, 1.54) is 25.7 Å². The van der Waals surface area contributed by atoms with E-state index >= 15 is 0 Å². The third kappa shape index (κ3) is 11.6. The van der Waals surface area contributed by atoms with Crippen LogP contribution in [0.1, 0.15) is 80.0 Å². The van der Waals surface area contributed by atoms with Crippen molar-refractivity contribution in [3.05, 3.63) is 0 Å². The fourth-order valence-electron chi connectivity index (χ4n) is 2.72. The van der Waals surface area contributed by atoms with E-state index in [0.29, 0.717) is 30.8 Å². The van der Waals surface area contributed by atoms with Gasteiger partial charge in [-0.2, -0.15) is 0 Å². The Kier molecular flexibility index (Phi) is 13.8. The highest BCUT2D eigenvalue weighted by Crippen LogP contribution is 2.29. The Hall–Kier alpha value is -0.940. The second kappa shape index (κ2) is 14.4. The Morgan fingerprint density at radius 3 is 2.00 bits per heavy atom. The number of carbonyl (C=O) groups is 2. The lowest BCUT2D eigenvalue weighted by Gasteiger charge is -2.25. The van der Waals surface area contributed by atoms with Crippen LogP contribution in [0.3, 0.4) is 0 Å². The first kappa shape index (κ1) is 23.1. The Balaban J connectivity index is 0. The molecule has 0 radical (unpaired) electrons. The van der Waals surface area contributed by atoms with Crippen LogP contribution >= 0.6 is 0 Å². The molecule has 0 unspecified atom stereocenters. The van der Waals surface area contributed by atoms with Crippen molar-refractivity contribution in [3.8, 4) is 0 Å². The molecule has 0 saturated heterocycles. The zero-order valence-corrected chi connectivity index (χ0v) is 15.8. The Labute approximate surface area is 148 Å². The zero-order valence-electron chi connectivity index (χ0n) is 15.8. The first-order valence-corrected chi connectivity index (χ1v) is 9.46. The molecule has 2 aliphatic carbocycles. The molecule has 0 atom stereocenters. The number of ketones is 1. The number of rotatable bonds is 6. The minimum atomic E-state index is -0.272. The third-order valence-corrected chi connectivity index (χ3v) is 4.33. The zero-order chi connectivity index (χ0) is 18.4. The van der Waals surface area contributed by atoms with Crippen LogP contribution in [0.2, 0.25) is 0 Å². The predicted molar refractivity (Wildman–Crippen MR) is 98.7 cm³/mol. The summed E-state index contributed by atoms with van der Waals surface area (Å²) in [6.45, 7) is 6.40. The lowest BCUT2D eigenvalue weighted by molar-refractivity contribution is -0.128. The third-order valence-electron chi connectivity index (χ3n) is 4.33. The number of amides is 1. The van der Waals surface area contributed by atoms with Crippen LogP contribution in [0.15, 0.2) is 0 Å². The summed E-state index contributed by atoms with van der Waals surface area (Å²) in [5.74, 6) is 0.896. The maximum Gasteiger partial charge on any atom is 0.219 e. The summed E-state index contributed by atoms with van der Waals surface area (Å²) < 4.78 is 5.49. The quantitative estimate of drug-likeness (QED) is 0.771. The number of aliphatic hydroxyl groups excluding tert-OH is 1.